The van der Waals surface area contributed by atoms with Crippen LogP contribution in [0.3, 0.4) is 0 Å². The van der Waals surface area contributed by atoms with E-state index in [0.29, 0.717) is 13.1 Å². The molecule has 148 valence electrons. The van der Waals surface area contributed by atoms with Crippen LogP contribution in [-0.4, -0.2) is 35.8 Å². The zero-order valence-electron chi connectivity index (χ0n) is 16.2. The molecule has 2 amide bonds. The molecule has 0 radical (unpaired) electrons. The summed E-state index contributed by atoms with van der Waals surface area (Å²) in [7, 11) is 0. The highest BCUT2D eigenvalue weighted by Gasteiger charge is 2.24. The van der Waals surface area contributed by atoms with E-state index in [1.807, 2.05) is 43.0 Å². The Morgan fingerprint density at radius 3 is 2.46 bits per heavy atom. The number of amides is 2. The first kappa shape index (κ1) is 20.8. The van der Waals surface area contributed by atoms with Crippen LogP contribution in [0.5, 0.6) is 0 Å². The second-order valence-electron chi connectivity index (χ2n) is 7.31. The van der Waals surface area contributed by atoms with Crippen LogP contribution in [0.2, 0.25) is 0 Å². The minimum atomic E-state index is -0.0766. The van der Waals surface area contributed by atoms with E-state index in [0.717, 1.165) is 22.2 Å². The quantitative estimate of drug-likeness (QED) is 0.641. The van der Waals surface area contributed by atoms with Crippen LogP contribution in [0.1, 0.15) is 31.6 Å². The monoisotopic (exact) mass is 460 g/mol. The Hall–Kier alpha value is -1.92. The minimum absolute atomic E-state index is 0.0298. The number of benzene rings is 1. The molecule has 3 rings (SSSR count). The smallest absolute Gasteiger partial charge is 0.244 e. The number of halogens is 1. The average Bonchev–Trinajstić information content (AvgIpc) is 3.16. The van der Waals surface area contributed by atoms with Gasteiger partial charge in [-0.15, -0.1) is 11.3 Å². The fourth-order valence-corrected chi connectivity index (χ4v) is 4.41. The van der Waals surface area contributed by atoms with E-state index in [4.69, 9.17) is 0 Å². The fourth-order valence-electron chi connectivity index (χ4n) is 3.23. The van der Waals surface area contributed by atoms with Gasteiger partial charge in [-0.05, 0) is 48.7 Å². The molecule has 1 saturated heterocycles. The Kier molecular flexibility index (Phi) is 7.08. The zero-order valence-corrected chi connectivity index (χ0v) is 18.6. The average molecular weight is 461 g/mol. The molecule has 1 aliphatic heterocycles. The first-order chi connectivity index (χ1) is 13.4. The van der Waals surface area contributed by atoms with Gasteiger partial charge in [-0.25, -0.2) is 0 Å². The Labute approximate surface area is 178 Å². The number of thiophene rings is 1. The lowest BCUT2D eigenvalue weighted by atomic mass is 10.0. The summed E-state index contributed by atoms with van der Waals surface area (Å²) in [5.41, 5.74) is 1.17. The fraction of sp³-hybridized carbons (Fsp3) is 0.364. The Morgan fingerprint density at radius 1 is 1.14 bits per heavy atom. The Bertz CT molecular complexity index is 850. The standard InChI is InChI=1S/C22H25BrN2O2S/c1-15(2)22(27)25-13-11-18(12-14-25)24-21(26)10-8-19-7-9-20(28-19)16-3-5-17(23)6-4-16/h3-10,15,18H,11-14H2,1-2H3,(H,24,26)/b10-8+. The van der Waals surface area contributed by atoms with Crippen LogP contribution < -0.4 is 5.32 Å². The molecular weight excluding hydrogens is 436 g/mol. The van der Waals surface area contributed by atoms with Crippen molar-refractivity contribution >= 4 is 45.2 Å². The molecule has 6 heteroatoms. The van der Waals surface area contributed by atoms with Gasteiger partial charge >= 0.3 is 0 Å². The number of nitrogens with one attached hydrogen (secondary N) is 1. The number of likely N-dealkylation sites (tertiary alicyclic amines) is 1. The van der Waals surface area contributed by atoms with E-state index >= 15 is 0 Å². The van der Waals surface area contributed by atoms with E-state index in [-0.39, 0.29) is 23.8 Å². The number of nitrogens with zero attached hydrogens (tertiary/aromatic N) is 1. The molecule has 1 fully saturated rings. The molecule has 0 saturated carbocycles. The van der Waals surface area contributed by atoms with Crippen LogP contribution in [-0.2, 0) is 9.59 Å². The third-order valence-corrected chi connectivity index (χ3v) is 6.43. The van der Waals surface area contributed by atoms with Gasteiger partial charge in [0.05, 0.1) is 0 Å². The van der Waals surface area contributed by atoms with Gasteiger partial charge in [0.15, 0.2) is 0 Å². The van der Waals surface area contributed by atoms with E-state index in [9.17, 15) is 9.59 Å². The molecule has 2 heterocycles. The maximum absolute atomic E-state index is 12.2. The number of piperidine rings is 1. The van der Waals surface area contributed by atoms with Crippen molar-refractivity contribution in [3.8, 4) is 10.4 Å². The lowest BCUT2D eigenvalue weighted by molar-refractivity contribution is -0.135. The van der Waals surface area contributed by atoms with Crippen molar-refractivity contribution in [1.82, 2.24) is 10.2 Å². The van der Waals surface area contributed by atoms with Crippen LogP contribution in [0, 0.1) is 5.92 Å². The van der Waals surface area contributed by atoms with Crippen molar-refractivity contribution in [2.45, 2.75) is 32.7 Å². The molecule has 28 heavy (non-hydrogen) atoms. The molecule has 1 aromatic heterocycles. The summed E-state index contributed by atoms with van der Waals surface area (Å²) in [4.78, 5) is 28.4. The highest BCUT2D eigenvalue weighted by atomic mass is 79.9. The van der Waals surface area contributed by atoms with E-state index in [2.05, 4.69) is 39.4 Å². The van der Waals surface area contributed by atoms with Crippen LogP contribution >= 0.6 is 27.3 Å². The molecule has 1 N–H and O–H groups in total. The second kappa shape index (κ2) is 9.52. The van der Waals surface area contributed by atoms with Gasteiger partial charge < -0.3 is 10.2 Å². The number of hydrogen-bond donors (Lipinski definition) is 1. The molecule has 0 aliphatic carbocycles. The topological polar surface area (TPSA) is 49.4 Å². The summed E-state index contributed by atoms with van der Waals surface area (Å²) >= 11 is 5.11. The van der Waals surface area contributed by atoms with Gasteiger partial charge in [0.1, 0.15) is 0 Å². The summed E-state index contributed by atoms with van der Waals surface area (Å²) in [6.45, 7) is 5.28. The van der Waals surface area contributed by atoms with Crippen molar-refractivity contribution < 1.29 is 9.59 Å². The number of hydrogen-bond acceptors (Lipinski definition) is 3. The largest absolute Gasteiger partial charge is 0.350 e. The summed E-state index contributed by atoms with van der Waals surface area (Å²) in [6, 6.07) is 12.4. The molecule has 0 spiro atoms. The number of rotatable bonds is 5. The van der Waals surface area contributed by atoms with Gasteiger partial charge in [0.2, 0.25) is 11.8 Å². The highest BCUT2D eigenvalue weighted by Crippen LogP contribution is 2.29. The van der Waals surface area contributed by atoms with Crippen LogP contribution in [0.4, 0.5) is 0 Å². The van der Waals surface area contributed by atoms with Gasteiger partial charge in [-0.2, -0.15) is 0 Å². The molecule has 1 aromatic carbocycles. The number of carbonyl (C=O) groups is 2. The highest BCUT2D eigenvalue weighted by molar-refractivity contribution is 9.10. The first-order valence-electron chi connectivity index (χ1n) is 9.55. The van der Waals surface area contributed by atoms with Crippen molar-refractivity contribution in [1.29, 1.82) is 0 Å². The second-order valence-corrected chi connectivity index (χ2v) is 9.34. The van der Waals surface area contributed by atoms with Crippen molar-refractivity contribution in [2.24, 2.45) is 5.92 Å². The number of carbonyl (C=O) groups excluding carboxylic acids is 2. The summed E-state index contributed by atoms with van der Waals surface area (Å²) in [6.07, 6.45) is 5.08. The minimum Gasteiger partial charge on any atom is -0.350 e. The first-order valence-corrected chi connectivity index (χ1v) is 11.2. The third kappa shape index (κ3) is 5.55. The summed E-state index contributed by atoms with van der Waals surface area (Å²) in [5, 5.41) is 3.06. The van der Waals surface area contributed by atoms with Crippen molar-refractivity contribution in [2.75, 3.05) is 13.1 Å². The predicted molar refractivity (Wildman–Crippen MR) is 119 cm³/mol. The molecular formula is C22H25BrN2O2S. The van der Waals surface area contributed by atoms with Gasteiger partial charge in [0.25, 0.3) is 0 Å². The molecule has 0 unspecified atom stereocenters. The lowest BCUT2D eigenvalue weighted by Gasteiger charge is -2.33. The van der Waals surface area contributed by atoms with E-state index in [1.165, 1.54) is 10.4 Å². The third-order valence-electron chi connectivity index (χ3n) is 4.80. The predicted octanol–water partition coefficient (Wildman–Crippen LogP) is 4.95. The van der Waals surface area contributed by atoms with Crippen LogP contribution in [0.25, 0.3) is 16.5 Å². The Morgan fingerprint density at radius 2 is 1.82 bits per heavy atom. The van der Waals surface area contributed by atoms with Gasteiger partial charge in [0, 0.05) is 45.4 Å². The van der Waals surface area contributed by atoms with E-state index < -0.39 is 0 Å². The normalized spacial score (nSPS) is 15.4. The Balaban J connectivity index is 1.50. The molecule has 2 aromatic rings. The van der Waals surface area contributed by atoms with Crippen LogP contribution in [0.15, 0.2) is 46.9 Å². The van der Waals surface area contributed by atoms with Crippen molar-refractivity contribution in [3.63, 3.8) is 0 Å². The lowest BCUT2D eigenvalue weighted by Crippen LogP contribution is -2.47. The molecule has 1 aliphatic rings. The van der Waals surface area contributed by atoms with Gasteiger partial charge in [-0.3, -0.25) is 9.59 Å². The van der Waals surface area contributed by atoms with Gasteiger partial charge in [-0.1, -0.05) is 41.9 Å². The zero-order chi connectivity index (χ0) is 20.1. The maximum Gasteiger partial charge on any atom is 0.244 e. The van der Waals surface area contributed by atoms with E-state index in [1.54, 1.807) is 17.4 Å². The molecule has 0 atom stereocenters. The van der Waals surface area contributed by atoms with Crippen molar-refractivity contribution in [3.05, 3.63) is 51.8 Å². The summed E-state index contributed by atoms with van der Waals surface area (Å²) in [5.74, 6) is 0.151. The SMILES string of the molecule is CC(C)C(=O)N1CCC(NC(=O)/C=C/c2ccc(-c3ccc(Br)cc3)s2)CC1. The summed E-state index contributed by atoms with van der Waals surface area (Å²) < 4.78 is 1.06. The molecule has 4 nitrogen and oxygen atoms in total. The maximum atomic E-state index is 12.2. The molecule has 0 bridgehead atoms.